The molecule has 8 heteroatoms. The van der Waals surface area contributed by atoms with Gasteiger partial charge in [-0.2, -0.15) is 0 Å². The lowest BCUT2D eigenvalue weighted by molar-refractivity contribution is -0.134. The number of para-hydroxylation sites is 1. The molecule has 2 heterocycles. The zero-order chi connectivity index (χ0) is 22.6. The fourth-order valence-corrected chi connectivity index (χ4v) is 4.05. The van der Waals surface area contributed by atoms with Crippen LogP contribution >= 0.6 is 0 Å². The van der Waals surface area contributed by atoms with Crippen molar-refractivity contribution >= 4 is 17.8 Å². The number of carbonyl (C=O) groups excluding carboxylic acids is 3. The molecule has 0 bridgehead atoms. The zero-order valence-corrected chi connectivity index (χ0v) is 18.1. The van der Waals surface area contributed by atoms with E-state index >= 15 is 0 Å². The SMILES string of the molecule is CCOc1ccccc1CNC(=O)c1ccc(CN2C(=O)NC3(CCOCC3)C2=O)cc1. The smallest absolute Gasteiger partial charge is 0.325 e. The summed E-state index contributed by atoms with van der Waals surface area (Å²) < 4.78 is 10.9. The summed E-state index contributed by atoms with van der Waals surface area (Å²) >= 11 is 0. The first-order chi connectivity index (χ1) is 15.5. The van der Waals surface area contributed by atoms with E-state index in [0.29, 0.717) is 44.8 Å². The van der Waals surface area contributed by atoms with E-state index in [9.17, 15) is 14.4 Å². The molecule has 0 unspecified atom stereocenters. The van der Waals surface area contributed by atoms with Gasteiger partial charge in [0, 0.05) is 43.7 Å². The van der Waals surface area contributed by atoms with Gasteiger partial charge >= 0.3 is 6.03 Å². The molecule has 2 saturated heterocycles. The predicted molar refractivity (Wildman–Crippen MR) is 117 cm³/mol. The molecular weight excluding hydrogens is 410 g/mol. The lowest BCUT2D eigenvalue weighted by atomic mass is 9.90. The maximum absolute atomic E-state index is 12.9. The molecule has 8 nitrogen and oxygen atoms in total. The van der Waals surface area contributed by atoms with Gasteiger partial charge in [-0.25, -0.2) is 4.79 Å². The highest BCUT2D eigenvalue weighted by molar-refractivity contribution is 6.07. The Morgan fingerprint density at radius 1 is 1.12 bits per heavy atom. The van der Waals surface area contributed by atoms with E-state index < -0.39 is 5.54 Å². The molecule has 168 valence electrons. The van der Waals surface area contributed by atoms with Crippen molar-refractivity contribution in [3.05, 3.63) is 65.2 Å². The van der Waals surface area contributed by atoms with Gasteiger partial charge in [-0.05, 0) is 30.7 Å². The third-order valence-corrected chi connectivity index (χ3v) is 5.86. The molecule has 0 saturated carbocycles. The summed E-state index contributed by atoms with van der Waals surface area (Å²) in [5.41, 5.74) is 1.34. The Bertz CT molecular complexity index is 999. The maximum Gasteiger partial charge on any atom is 0.325 e. The first-order valence-corrected chi connectivity index (χ1v) is 10.8. The highest BCUT2D eigenvalue weighted by atomic mass is 16.5. The van der Waals surface area contributed by atoms with Crippen LogP contribution in [0.15, 0.2) is 48.5 Å². The third kappa shape index (κ3) is 4.45. The second-order valence-corrected chi connectivity index (χ2v) is 7.94. The van der Waals surface area contributed by atoms with Crippen LogP contribution in [0.4, 0.5) is 4.79 Å². The Hall–Kier alpha value is -3.39. The van der Waals surface area contributed by atoms with E-state index in [4.69, 9.17) is 9.47 Å². The number of amides is 4. The number of benzene rings is 2. The number of ether oxygens (including phenoxy) is 2. The summed E-state index contributed by atoms with van der Waals surface area (Å²) in [4.78, 5) is 39.1. The van der Waals surface area contributed by atoms with E-state index in [1.54, 1.807) is 24.3 Å². The van der Waals surface area contributed by atoms with Gasteiger partial charge in [0.2, 0.25) is 0 Å². The Morgan fingerprint density at radius 3 is 2.56 bits per heavy atom. The minimum absolute atomic E-state index is 0.164. The molecule has 4 rings (SSSR count). The van der Waals surface area contributed by atoms with Crippen LogP contribution in [0.25, 0.3) is 0 Å². The Balaban J connectivity index is 1.36. The predicted octanol–water partition coefficient (Wildman–Crippen LogP) is 2.62. The molecule has 32 heavy (non-hydrogen) atoms. The summed E-state index contributed by atoms with van der Waals surface area (Å²) in [6.07, 6.45) is 0.971. The van der Waals surface area contributed by atoms with E-state index in [0.717, 1.165) is 16.9 Å². The molecule has 2 aliphatic heterocycles. The molecule has 2 aliphatic rings. The number of hydrogen-bond donors (Lipinski definition) is 2. The maximum atomic E-state index is 12.9. The molecule has 0 aliphatic carbocycles. The molecular formula is C24H27N3O5. The first kappa shape index (κ1) is 21.8. The van der Waals surface area contributed by atoms with Crippen LogP contribution in [-0.2, 0) is 22.6 Å². The highest BCUT2D eigenvalue weighted by Gasteiger charge is 2.51. The van der Waals surface area contributed by atoms with Gasteiger partial charge in [0.15, 0.2) is 0 Å². The molecule has 2 aromatic carbocycles. The summed E-state index contributed by atoms with van der Waals surface area (Å²) in [5.74, 6) is 0.334. The molecule has 2 aromatic rings. The molecule has 4 amide bonds. The molecule has 0 aromatic heterocycles. The van der Waals surface area contributed by atoms with Crippen molar-refractivity contribution < 1.29 is 23.9 Å². The van der Waals surface area contributed by atoms with Crippen molar-refractivity contribution in [3.63, 3.8) is 0 Å². The summed E-state index contributed by atoms with van der Waals surface area (Å²) in [7, 11) is 0. The van der Waals surface area contributed by atoms with Gasteiger partial charge in [-0.15, -0.1) is 0 Å². The Morgan fingerprint density at radius 2 is 1.84 bits per heavy atom. The monoisotopic (exact) mass is 437 g/mol. The summed E-state index contributed by atoms with van der Waals surface area (Å²) in [5, 5.41) is 5.75. The van der Waals surface area contributed by atoms with Gasteiger partial charge in [0.25, 0.3) is 11.8 Å². The number of nitrogens with zero attached hydrogens (tertiary/aromatic N) is 1. The fourth-order valence-electron chi connectivity index (χ4n) is 4.05. The first-order valence-electron chi connectivity index (χ1n) is 10.8. The van der Waals surface area contributed by atoms with Crippen LogP contribution in [0.3, 0.4) is 0 Å². The van der Waals surface area contributed by atoms with Crippen LogP contribution in [-0.4, -0.2) is 48.1 Å². The largest absolute Gasteiger partial charge is 0.494 e. The lowest BCUT2D eigenvalue weighted by Crippen LogP contribution is -2.51. The molecule has 0 radical (unpaired) electrons. The standard InChI is InChI=1S/C24H27N3O5/c1-2-32-20-6-4-3-5-19(20)15-25-21(28)18-9-7-17(8-10-18)16-27-22(29)24(26-23(27)30)11-13-31-14-12-24/h3-10H,2,11-16H2,1H3,(H,25,28)(H,26,30). The average Bonchev–Trinajstić information content (AvgIpc) is 3.03. The van der Waals surface area contributed by atoms with Crippen LogP contribution in [0.1, 0.15) is 41.3 Å². The average molecular weight is 437 g/mol. The van der Waals surface area contributed by atoms with Crippen LogP contribution < -0.4 is 15.4 Å². The van der Waals surface area contributed by atoms with Crippen molar-refractivity contribution in [2.24, 2.45) is 0 Å². The normalized spacial score (nSPS) is 17.3. The van der Waals surface area contributed by atoms with E-state index in [2.05, 4.69) is 10.6 Å². The molecule has 2 fully saturated rings. The number of hydrogen-bond acceptors (Lipinski definition) is 5. The third-order valence-electron chi connectivity index (χ3n) is 5.86. The second-order valence-electron chi connectivity index (χ2n) is 7.94. The zero-order valence-electron chi connectivity index (χ0n) is 18.1. The van der Waals surface area contributed by atoms with Crippen molar-refractivity contribution in [3.8, 4) is 5.75 Å². The summed E-state index contributed by atoms with van der Waals surface area (Å²) in [6.45, 7) is 3.90. The Labute approximate surface area is 186 Å². The van der Waals surface area contributed by atoms with E-state index in [1.807, 2.05) is 31.2 Å². The minimum Gasteiger partial charge on any atom is -0.494 e. The van der Waals surface area contributed by atoms with Gasteiger partial charge in [0.1, 0.15) is 11.3 Å². The van der Waals surface area contributed by atoms with Crippen molar-refractivity contribution in [1.82, 2.24) is 15.5 Å². The number of imide groups is 1. The van der Waals surface area contributed by atoms with Crippen molar-refractivity contribution in [1.29, 1.82) is 0 Å². The molecule has 0 atom stereocenters. The van der Waals surface area contributed by atoms with Gasteiger partial charge in [-0.3, -0.25) is 14.5 Å². The van der Waals surface area contributed by atoms with Crippen molar-refractivity contribution in [2.45, 2.75) is 38.4 Å². The molecule has 1 spiro atoms. The Kier molecular flexibility index (Phi) is 6.41. The van der Waals surface area contributed by atoms with Crippen molar-refractivity contribution in [2.75, 3.05) is 19.8 Å². The van der Waals surface area contributed by atoms with Gasteiger partial charge in [0.05, 0.1) is 13.2 Å². The number of rotatable bonds is 7. The molecule has 2 N–H and O–H groups in total. The quantitative estimate of drug-likeness (QED) is 0.649. The summed E-state index contributed by atoms with van der Waals surface area (Å²) in [6, 6.07) is 14.1. The van der Waals surface area contributed by atoms with Crippen LogP contribution in [0, 0.1) is 0 Å². The van der Waals surface area contributed by atoms with Crippen LogP contribution in [0.5, 0.6) is 5.75 Å². The number of nitrogens with one attached hydrogen (secondary N) is 2. The van der Waals surface area contributed by atoms with Crippen LogP contribution in [0.2, 0.25) is 0 Å². The highest BCUT2D eigenvalue weighted by Crippen LogP contribution is 2.29. The van der Waals surface area contributed by atoms with Gasteiger partial charge < -0.3 is 20.1 Å². The number of urea groups is 1. The topological polar surface area (TPSA) is 97.0 Å². The van der Waals surface area contributed by atoms with Gasteiger partial charge in [-0.1, -0.05) is 30.3 Å². The van der Waals surface area contributed by atoms with E-state index in [-0.39, 0.29) is 24.4 Å². The fraction of sp³-hybridized carbons (Fsp3) is 0.375. The number of carbonyl (C=O) groups is 3. The minimum atomic E-state index is -0.840. The lowest BCUT2D eigenvalue weighted by Gasteiger charge is -2.30. The second kappa shape index (κ2) is 9.40. The van der Waals surface area contributed by atoms with E-state index in [1.165, 1.54) is 4.90 Å².